The smallest absolute Gasteiger partial charge is 0.103 e. The molecule has 1 saturated carbocycles. The zero-order valence-electron chi connectivity index (χ0n) is 8.13. The highest BCUT2D eigenvalue weighted by Crippen LogP contribution is 2.32. The van der Waals surface area contributed by atoms with Crippen LogP contribution in [0.2, 0.25) is 5.02 Å². The lowest BCUT2D eigenvalue weighted by atomic mass is 10.2. The quantitative estimate of drug-likeness (QED) is 0.589. The molecule has 0 heterocycles. The average molecular weight is 209 g/mol. The van der Waals surface area contributed by atoms with Crippen molar-refractivity contribution in [1.29, 1.82) is 0 Å². The topological polar surface area (TPSA) is 38.4 Å². The van der Waals surface area contributed by atoms with Crippen LogP contribution in [0.5, 0.6) is 0 Å². The molecule has 2 N–H and O–H groups in total. The highest BCUT2D eigenvalue weighted by atomic mass is 35.5. The van der Waals surface area contributed by atoms with Crippen molar-refractivity contribution in [3.63, 3.8) is 0 Å². The van der Waals surface area contributed by atoms with Crippen LogP contribution in [0.3, 0.4) is 0 Å². The van der Waals surface area contributed by atoms with Crippen LogP contribution in [0.4, 0.5) is 5.69 Å². The van der Waals surface area contributed by atoms with Crippen molar-refractivity contribution in [2.45, 2.75) is 19.8 Å². The number of amidine groups is 1. The molecule has 0 aromatic heterocycles. The lowest BCUT2D eigenvalue weighted by Gasteiger charge is -2.01. The number of benzene rings is 1. The monoisotopic (exact) mass is 208 g/mol. The third kappa shape index (κ3) is 2.07. The normalized spacial score (nSPS) is 17.1. The van der Waals surface area contributed by atoms with E-state index < -0.39 is 0 Å². The predicted octanol–water partition coefficient (Wildman–Crippen LogP) is 3.05. The van der Waals surface area contributed by atoms with E-state index in [-0.39, 0.29) is 0 Å². The summed E-state index contributed by atoms with van der Waals surface area (Å²) in [6.45, 7) is 2.00. The zero-order chi connectivity index (χ0) is 10.1. The number of hydrogen-bond donors (Lipinski definition) is 1. The van der Waals surface area contributed by atoms with Gasteiger partial charge in [-0.2, -0.15) is 0 Å². The van der Waals surface area contributed by atoms with Gasteiger partial charge in [0.05, 0.1) is 10.7 Å². The summed E-state index contributed by atoms with van der Waals surface area (Å²) in [6, 6.07) is 5.80. The van der Waals surface area contributed by atoms with Crippen LogP contribution >= 0.6 is 11.6 Å². The molecule has 0 amide bonds. The van der Waals surface area contributed by atoms with Crippen LogP contribution in [0.25, 0.3) is 0 Å². The number of aliphatic imine (C=N–C) groups is 1. The fraction of sp³-hybridized carbons (Fsp3) is 0.364. The molecule has 0 spiro atoms. The molecule has 0 saturated heterocycles. The Morgan fingerprint density at radius 1 is 1.50 bits per heavy atom. The summed E-state index contributed by atoms with van der Waals surface area (Å²) < 4.78 is 0. The first-order chi connectivity index (χ1) is 6.66. The molecule has 2 rings (SSSR count). The molecule has 0 radical (unpaired) electrons. The maximum atomic E-state index is 6.04. The van der Waals surface area contributed by atoms with E-state index in [9.17, 15) is 0 Å². The van der Waals surface area contributed by atoms with E-state index in [1.165, 1.54) is 12.8 Å². The van der Waals surface area contributed by atoms with Crippen molar-refractivity contribution in [2.24, 2.45) is 16.6 Å². The zero-order valence-corrected chi connectivity index (χ0v) is 8.88. The summed E-state index contributed by atoms with van der Waals surface area (Å²) in [5, 5.41) is 0.675. The van der Waals surface area contributed by atoms with Gasteiger partial charge in [0.1, 0.15) is 5.84 Å². The molecule has 1 aliphatic rings. The standard InChI is InChI=1S/C11H13ClN2/c1-7-2-5-10(9(12)6-7)14-11(13)8-3-4-8/h2,5-6,8H,3-4H2,1H3,(H2,13,14). The van der Waals surface area contributed by atoms with Crippen LogP contribution < -0.4 is 5.73 Å². The van der Waals surface area contributed by atoms with Gasteiger partial charge in [0.15, 0.2) is 0 Å². The molecule has 3 heteroatoms. The van der Waals surface area contributed by atoms with Crippen LogP contribution in [0.15, 0.2) is 23.2 Å². The lowest BCUT2D eigenvalue weighted by molar-refractivity contribution is 1.15. The molecular weight excluding hydrogens is 196 g/mol. The Bertz CT molecular complexity index is 381. The number of halogens is 1. The van der Waals surface area contributed by atoms with Crippen LogP contribution in [0, 0.1) is 12.8 Å². The highest BCUT2D eigenvalue weighted by molar-refractivity contribution is 6.33. The third-order valence-electron chi connectivity index (χ3n) is 2.35. The fourth-order valence-electron chi connectivity index (χ4n) is 1.31. The van der Waals surface area contributed by atoms with Gasteiger partial charge in [-0.25, -0.2) is 4.99 Å². The van der Waals surface area contributed by atoms with Crippen molar-refractivity contribution in [1.82, 2.24) is 0 Å². The number of nitrogens with zero attached hydrogens (tertiary/aromatic N) is 1. The maximum Gasteiger partial charge on any atom is 0.103 e. The Morgan fingerprint density at radius 2 is 2.21 bits per heavy atom. The first-order valence-electron chi connectivity index (χ1n) is 4.77. The van der Waals surface area contributed by atoms with Crippen molar-refractivity contribution in [2.75, 3.05) is 0 Å². The SMILES string of the molecule is Cc1ccc(N=C(N)C2CC2)c(Cl)c1. The fourth-order valence-corrected chi connectivity index (χ4v) is 1.59. The molecule has 2 nitrogen and oxygen atoms in total. The van der Waals surface area contributed by atoms with E-state index in [4.69, 9.17) is 17.3 Å². The molecule has 1 aliphatic carbocycles. The maximum absolute atomic E-state index is 6.04. The number of aryl methyl sites for hydroxylation is 1. The summed E-state index contributed by atoms with van der Waals surface area (Å²) in [6.07, 6.45) is 2.33. The molecule has 1 aromatic carbocycles. The van der Waals surface area contributed by atoms with Gasteiger partial charge >= 0.3 is 0 Å². The molecule has 0 aliphatic heterocycles. The Morgan fingerprint density at radius 3 is 2.79 bits per heavy atom. The van der Waals surface area contributed by atoms with Crippen molar-refractivity contribution < 1.29 is 0 Å². The van der Waals surface area contributed by atoms with Gasteiger partial charge in [0.25, 0.3) is 0 Å². The Balaban J connectivity index is 2.27. The van der Waals surface area contributed by atoms with Gasteiger partial charge < -0.3 is 5.73 Å². The van der Waals surface area contributed by atoms with Gasteiger partial charge in [-0.3, -0.25) is 0 Å². The second kappa shape index (κ2) is 3.62. The van der Waals surface area contributed by atoms with Crippen molar-refractivity contribution >= 4 is 23.1 Å². The molecule has 74 valence electrons. The van der Waals surface area contributed by atoms with E-state index in [1.54, 1.807) is 0 Å². The summed E-state index contributed by atoms with van der Waals surface area (Å²) >= 11 is 6.04. The van der Waals surface area contributed by atoms with Crippen LogP contribution in [0.1, 0.15) is 18.4 Å². The second-order valence-electron chi connectivity index (χ2n) is 3.77. The Labute approximate surface area is 88.8 Å². The average Bonchev–Trinajstić information content (AvgIpc) is 2.92. The van der Waals surface area contributed by atoms with Crippen LogP contribution in [-0.2, 0) is 0 Å². The molecule has 1 fully saturated rings. The molecule has 0 atom stereocenters. The second-order valence-corrected chi connectivity index (χ2v) is 4.17. The van der Waals surface area contributed by atoms with Gasteiger partial charge in [0.2, 0.25) is 0 Å². The van der Waals surface area contributed by atoms with Gasteiger partial charge in [-0.15, -0.1) is 0 Å². The van der Waals surface area contributed by atoms with E-state index in [1.807, 2.05) is 25.1 Å². The van der Waals surface area contributed by atoms with Gasteiger partial charge in [-0.05, 0) is 37.5 Å². The first-order valence-corrected chi connectivity index (χ1v) is 5.15. The number of hydrogen-bond acceptors (Lipinski definition) is 1. The van der Waals surface area contributed by atoms with E-state index in [0.29, 0.717) is 10.9 Å². The van der Waals surface area contributed by atoms with Crippen molar-refractivity contribution in [3.05, 3.63) is 28.8 Å². The first kappa shape index (κ1) is 9.53. The van der Waals surface area contributed by atoms with Crippen LogP contribution in [-0.4, -0.2) is 5.84 Å². The third-order valence-corrected chi connectivity index (χ3v) is 2.65. The van der Waals surface area contributed by atoms with E-state index in [2.05, 4.69) is 4.99 Å². The summed E-state index contributed by atoms with van der Waals surface area (Å²) in [7, 11) is 0. The highest BCUT2D eigenvalue weighted by Gasteiger charge is 2.25. The van der Waals surface area contributed by atoms with Crippen molar-refractivity contribution in [3.8, 4) is 0 Å². The van der Waals surface area contributed by atoms with E-state index in [0.717, 1.165) is 17.1 Å². The molecule has 1 aromatic rings. The minimum Gasteiger partial charge on any atom is -0.387 e. The minimum atomic E-state index is 0.493. The molecule has 0 bridgehead atoms. The Hall–Kier alpha value is -1.02. The van der Waals surface area contributed by atoms with Gasteiger partial charge in [0, 0.05) is 5.92 Å². The molecule has 14 heavy (non-hydrogen) atoms. The number of nitrogens with two attached hydrogens (primary N) is 1. The minimum absolute atomic E-state index is 0.493. The predicted molar refractivity (Wildman–Crippen MR) is 60.2 cm³/mol. The van der Waals surface area contributed by atoms with Gasteiger partial charge in [-0.1, -0.05) is 17.7 Å². The van der Waals surface area contributed by atoms with E-state index >= 15 is 0 Å². The summed E-state index contributed by atoms with van der Waals surface area (Å²) in [4.78, 5) is 4.32. The Kier molecular flexibility index (Phi) is 2.46. The summed E-state index contributed by atoms with van der Waals surface area (Å²) in [5.41, 5.74) is 7.73. The molecular formula is C11H13ClN2. The number of rotatable bonds is 2. The lowest BCUT2D eigenvalue weighted by Crippen LogP contribution is -2.13. The largest absolute Gasteiger partial charge is 0.387 e. The molecule has 0 unspecified atom stereocenters. The summed E-state index contributed by atoms with van der Waals surface area (Å²) in [5.74, 6) is 1.21.